The van der Waals surface area contributed by atoms with E-state index in [0.717, 1.165) is 4.31 Å². The highest BCUT2D eigenvalue weighted by Crippen LogP contribution is 2.26. The van der Waals surface area contributed by atoms with Gasteiger partial charge in [-0.2, -0.15) is 4.31 Å². The Kier molecular flexibility index (Phi) is 4.79. The predicted molar refractivity (Wildman–Crippen MR) is 76.9 cm³/mol. The average molecular weight is 316 g/mol. The number of nitrogens with two attached hydrogens (primary N) is 1. The Balaban J connectivity index is 2.22. The lowest BCUT2D eigenvalue weighted by atomic mass is 9.95. The Bertz CT molecular complexity index is 587. The van der Waals surface area contributed by atoms with Crippen LogP contribution in [0.15, 0.2) is 23.4 Å². The molecular weight excluding hydrogens is 296 g/mol. The second-order valence-electron chi connectivity index (χ2n) is 5.11. The van der Waals surface area contributed by atoms with Crippen molar-refractivity contribution < 1.29 is 18.3 Å². The summed E-state index contributed by atoms with van der Waals surface area (Å²) in [5, 5.41) is 10.4. The lowest BCUT2D eigenvalue weighted by molar-refractivity contribution is -0.0689. The van der Waals surface area contributed by atoms with Gasteiger partial charge in [0, 0.05) is 52.0 Å². The van der Waals surface area contributed by atoms with Gasteiger partial charge in [0.05, 0.1) is 11.3 Å². The topological polar surface area (TPSA) is 118 Å². The summed E-state index contributed by atoms with van der Waals surface area (Å²) < 4.78 is 31.5. The first-order chi connectivity index (χ1) is 9.89. The first kappa shape index (κ1) is 16.1. The van der Waals surface area contributed by atoms with E-state index in [-0.39, 0.29) is 17.1 Å². The van der Waals surface area contributed by atoms with Gasteiger partial charge in [-0.05, 0) is 6.07 Å². The summed E-state index contributed by atoms with van der Waals surface area (Å²) in [5.41, 5.74) is 1.53. The quantitative estimate of drug-likeness (QED) is 0.496. The zero-order valence-electron chi connectivity index (χ0n) is 11.8. The van der Waals surface area contributed by atoms with Crippen LogP contribution in [0.3, 0.4) is 0 Å². The number of pyridine rings is 1. The van der Waals surface area contributed by atoms with E-state index < -0.39 is 15.6 Å². The fourth-order valence-corrected chi connectivity index (χ4v) is 3.63. The van der Waals surface area contributed by atoms with Crippen LogP contribution in [0.2, 0.25) is 0 Å². The van der Waals surface area contributed by atoms with E-state index in [1.54, 1.807) is 0 Å². The van der Waals surface area contributed by atoms with Gasteiger partial charge in [0.15, 0.2) is 0 Å². The lowest BCUT2D eigenvalue weighted by Gasteiger charge is -2.35. The molecule has 0 unspecified atom stereocenters. The average Bonchev–Trinajstić information content (AvgIpc) is 2.47. The van der Waals surface area contributed by atoms with Gasteiger partial charge in [0.1, 0.15) is 4.90 Å². The van der Waals surface area contributed by atoms with Crippen LogP contribution in [0.1, 0.15) is 12.8 Å². The molecule has 0 spiro atoms. The van der Waals surface area contributed by atoms with Crippen molar-refractivity contribution >= 4 is 15.7 Å². The number of hydrogen-bond acceptors (Lipinski definition) is 7. The minimum Gasteiger partial charge on any atom is -0.388 e. The molecule has 4 N–H and O–H groups in total. The highest BCUT2D eigenvalue weighted by Gasteiger charge is 2.35. The van der Waals surface area contributed by atoms with Gasteiger partial charge in [-0.3, -0.25) is 10.8 Å². The van der Waals surface area contributed by atoms with Gasteiger partial charge in [-0.25, -0.2) is 8.42 Å². The molecule has 0 aromatic carbocycles. The minimum atomic E-state index is -3.79. The highest BCUT2D eigenvalue weighted by atomic mass is 32.2. The number of aromatic nitrogens is 1. The maximum atomic E-state index is 12.6. The Morgan fingerprint density at radius 1 is 1.52 bits per heavy atom. The van der Waals surface area contributed by atoms with Crippen molar-refractivity contribution in [2.45, 2.75) is 23.3 Å². The van der Waals surface area contributed by atoms with Crippen LogP contribution in [0, 0.1) is 0 Å². The molecule has 0 saturated carbocycles. The van der Waals surface area contributed by atoms with Crippen LogP contribution in [0.25, 0.3) is 0 Å². The number of ether oxygens (including phenoxy) is 1. The van der Waals surface area contributed by atoms with Gasteiger partial charge in [0.25, 0.3) is 0 Å². The summed E-state index contributed by atoms with van der Waals surface area (Å²) in [6.45, 7) is 0.845. The largest absolute Gasteiger partial charge is 0.388 e. The van der Waals surface area contributed by atoms with Crippen molar-refractivity contribution in [1.29, 1.82) is 0 Å². The van der Waals surface area contributed by atoms with E-state index in [2.05, 4.69) is 10.4 Å². The smallest absolute Gasteiger partial charge is 0.246 e. The third-order valence-electron chi connectivity index (χ3n) is 3.57. The van der Waals surface area contributed by atoms with E-state index in [9.17, 15) is 13.5 Å². The van der Waals surface area contributed by atoms with Gasteiger partial charge in [-0.15, -0.1) is 0 Å². The molecule has 0 radical (unpaired) electrons. The first-order valence-corrected chi connectivity index (χ1v) is 8.00. The summed E-state index contributed by atoms with van der Waals surface area (Å²) >= 11 is 0. The molecule has 21 heavy (non-hydrogen) atoms. The van der Waals surface area contributed by atoms with Crippen LogP contribution < -0.4 is 11.3 Å². The van der Waals surface area contributed by atoms with Gasteiger partial charge >= 0.3 is 0 Å². The van der Waals surface area contributed by atoms with Crippen LogP contribution >= 0.6 is 0 Å². The van der Waals surface area contributed by atoms with Crippen LogP contribution in [-0.2, 0) is 14.8 Å². The number of nitrogens with zero attached hydrogens (tertiary/aromatic N) is 2. The molecule has 0 atom stereocenters. The number of likely N-dealkylation sites (N-methyl/N-ethyl adjacent to an activating group) is 1. The molecule has 1 aliphatic rings. The Hall–Kier alpha value is -1.26. The number of sulfonamides is 1. The molecule has 1 fully saturated rings. The standard InChI is InChI=1S/C12H20N4O4S/c1-16(9-12(17)3-6-20-7-4-12)21(18,19)11-8-14-5-2-10(11)15-13/h2,5,8,17H,3-4,6-7,9,13H2,1H3,(H,14,15). The Morgan fingerprint density at radius 2 is 2.19 bits per heavy atom. The van der Waals surface area contributed by atoms with Crippen LogP contribution in [-0.4, -0.2) is 55.2 Å². The molecule has 118 valence electrons. The van der Waals surface area contributed by atoms with Crippen molar-refractivity contribution in [2.24, 2.45) is 5.84 Å². The summed E-state index contributed by atoms with van der Waals surface area (Å²) in [4.78, 5) is 3.80. The van der Waals surface area contributed by atoms with Crippen molar-refractivity contribution in [3.05, 3.63) is 18.5 Å². The van der Waals surface area contributed by atoms with E-state index in [0.29, 0.717) is 26.1 Å². The maximum Gasteiger partial charge on any atom is 0.246 e. The molecule has 1 aromatic heterocycles. The van der Waals surface area contributed by atoms with Gasteiger partial charge in [0.2, 0.25) is 10.0 Å². The number of hydrazine groups is 1. The molecule has 8 nitrogen and oxygen atoms in total. The minimum absolute atomic E-state index is 0.00238. The molecule has 2 heterocycles. The van der Waals surface area contributed by atoms with E-state index in [1.807, 2.05) is 0 Å². The number of nitrogen functional groups attached to an aromatic ring is 1. The normalized spacial score (nSPS) is 18.7. The van der Waals surface area contributed by atoms with E-state index in [1.165, 1.54) is 25.5 Å². The molecule has 9 heteroatoms. The summed E-state index contributed by atoms with van der Waals surface area (Å²) in [7, 11) is -2.37. The van der Waals surface area contributed by atoms with Crippen molar-refractivity contribution in [3.63, 3.8) is 0 Å². The van der Waals surface area contributed by atoms with Crippen molar-refractivity contribution in [1.82, 2.24) is 9.29 Å². The monoisotopic (exact) mass is 316 g/mol. The van der Waals surface area contributed by atoms with Crippen LogP contribution in [0.5, 0.6) is 0 Å². The molecule has 2 rings (SSSR count). The Labute approximate surface area is 123 Å². The van der Waals surface area contributed by atoms with Crippen molar-refractivity contribution in [2.75, 3.05) is 32.2 Å². The molecule has 1 aromatic rings. The van der Waals surface area contributed by atoms with Gasteiger partial charge < -0.3 is 15.3 Å². The zero-order valence-corrected chi connectivity index (χ0v) is 12.6. The molecule has 0 bridgehead atoms. The molecule has 0 amide bonds. The summed E-state index contributed by atoms with van der Waals surface area (Å²) in [6, 6.07) is 1.48. The molecule has 1 saturated heterocycles. The summed E-state index contributed by atoms with van der Waals surface area (Å²) in [6.07, 6.45) is 3.49. The number of nitrogens with one attached hydrogen (secondary N) is 1. The number of aliphatic hydroxyl groups is 1. The summed E-state index contributed by atoms with van der Waals surface area (Å²) in [5.74, 6) is 5.33. The number of anilines is 1. The van der Waals surface area contributed by atoms with E-state index >= 15 is 0 Å². The molecule has 0 aliphatic carbocycles. The fourth-order valence-electron chi connectivity index (χ4n) is 2.28. The van der Waals surface area contributed by atoms with Crippen LogP contribution in [0.4, 0.5) is 5.69 Å². The zero-order chi connectivity index (χ0) is 15.5. The third kappa shape index (κ3) is 3.50. The highest BCUT2D eigenvalue weighted by molar-refractivity contribution is 7.89. The van der Waals surface area contributed by atoms with Crippen molar-refractivity contribution in [3.8, 4) is 0 Å². The first-order valence-electron chi connectivity index (χ1n) is 6.56. The van der Waals surface area contributed by atoms with Gasteiger partial charge in [-0.1, -0.05) is 0 Å². The third-order valence-corrected chi connectivity index (χ3v) is 5.40. The lowest BCUT2D eigenvalue weighted by Crippen LogP contribution is -2.47. The number of rotatable bonds is 5. The number of hydrogen-bond donors (Lipinski definition) is 3. The second kappa shape index (κ2) is 6.24. The Morgan fingerprint density at radius 3 is 2.81 bits per heavy atom. The maximum absolute atomic E-state index is 12.6. The fraction of sp³-hybridized carbons (Fsp3) is 0.583. The molecular formula is C12H20N4O4S. The second-order valence-corrected chi connectivity index (χ2v) is 7.13. The SMILES string of the molecule is CN(CC1(O)CCOCC1)S(=O)(=O)c1cnccc1NN. The van der Waals surface area contributed by atoms with E-state index in [4.69, 9.17) is 10.6 Å². The predicted octanol–water partition coefficient (Wildman–Crippen LogP) is -0.471. The molecule has 1 aliphatic heterocycles.